The average molecular weight is 466 g/mol. The number of nitrogens with one attached hydrogen (secondary N) is 3. The number of phenolic OH excluding ortho intramolecular Hbond substituents is 1. The van der Waals surface area contributed by atoms with Crippen LogP contribution in [0.4, 0.5) is 0 Å². The van der Waals surface area contributed by atoms with Crippen LogP contribution in [0.1, 0.15) is 32.8 Å². The van der Waals surface area contributed by atoms with Gasteiger partial charge in [0.05, 0.1) is 12.5 Å². The lowest BCUT2D eigenvalue weighted by molar-refractivity contribution is -0.147. The van der Waals surface area contributed by atoms with Crippen LogP contribution in [0.3, 0.4) is 0 Å². The number of hydrogen-bond donors (Lipinski definition) is 7. The molecule has 1 aromatic rings. The van der Waals surface area contributed by atoms with Gasteiger partial charge in [0.2, 0.25) is 17.7 Å². The Hall–Kier alpha value is -3.67. The summed E-state index contributed by atoms with van der Waals surface area (Å²) in [4.78, 5) is 59.3. The van der Waals surface area contributed by atoms with Crippen molar-refractivity contribution in [2.75, 3.05) is 0 Å². The van der Waals surface area contributed by atoms with Gasteiger partial charge in [-0.3, -0.25) is 19.2 Å². The van der Waals surface area contributed by atoms with Crippen molar-refractivity contribution in [2.24, 2.45) is 11.7 Å². The molecule has 0 saturated heterocycles. The first-order valence-electron chi connectivity index (χ1n) is 10.2. The van der Waals surface area contributed by atoms with E-state index in [1.165, 1.54) is 19.1 Å². The Bertz CT molecular complexity index is 872. The number of hydrogen-bond acceptors (Lipinski definition) is 7. The van der Waals surface area contributed by atoms with Gasteiger partial charge in [-0.05, 0) is 37.0 Å². The van der Waals surface area contributed by atoms with Gasteiger partial charge in [-0.15, -0.1) is 0 Å². The maximum absolute atomic E-state index is 12.7. The average Bonchev–Trinajstić information content (AvgIpc) is 2.71. The Morgan fingerprint density at radius 2 is 1.45 bits per heavy atom. The molecule has 0 radical (unpaired) electrons. The smallest absolute Gasteiger partial charge is 0.326 e. The van der Waals surface area contributed by atoms with Crippen molar-refractivity contribution < 1.29 is 39.3 Å². The fourth-order valence-electron chi connectivity index (χ4n) is 2.81. The van der Waals surface area contributed by atoms with Gasteiger partial charge in [0.15, 0.2) is 0 Å². The van der Waals surface area contributed by atoms with E-state index in [1.807, 2.05) is 0 Å². The number of aliphatic carboxylic acids is 2. The van der Waals surface area contributed by atoms with Gasteiger partial charge < -0.3 is 37.0 Å². The van der Waals surface area contributed by atoms with Crippen LogP contribution in [-0.2, 0) is 30.4 Å². The van der Waals surface area contributed by atoms with Crippen molar-refractivity contribution in [3.8, 4) is 5.75 Å². The summed E-state index contributed by atoms with van der Waals surface area (Å²) >= 11 is 0. The summed E-state index contributed by atoms with van der Waals surface area (Å²) in [6.07, 6.45) is -0.664. The Morgan fingerprint density at radius 3 is 1.94 bits per heavy atom. The molecular weight excluding hydrogens is 436 g/mol. The minimum Gasteiger partial charge on any atom is -0.508 e. The molecular formula is C21H30N4O8. The highest BCUT2D eigenvalue weighted by atomic mass is 16.4. The van der Waals surface area contributed by atoms with E-state index < -0.39 is 60.2 Å². The Kier molecular flexibility index (Phi) is 10.3. The van der Waals surface area contributed by atoms with Gasteiger partial charge >= 0.3 is 11.9 Å². The fraction of sp³-hybridized carbons (Fsp3) is 0.476. The molecule has 8 N–H and O–H groups in total. The number of aromatic hydroxyl groups is 1. The second-order valence-corrected chi connectivity index (χ2v) is 7.93. The molecule has 182 valence electrons. The number of nitrogens with two attached hydrogens (primary N) is 1. The third-order valence-electron chi connectivity index (χ3n) is 4.72. The maximum Gasteiger partial charge on any atom is 0.326 e. The molecule has 0 fully saturated rings. The number of phenols is 1. The first-order chi connectivity index (χ1) is 15.3. The number of carbonyl (C=O) groups excluding carboxylic acids is 3. The van der Waals surface area contributed by atoms with E-state index in [0.29, 0.717) is 5.56 Å². The number of carbonyl (C=O) groups is 5. The summed E-state index contributed by atoms with van der Waals surface area (Å²) < 4.78 is 0. The van der Waals surface area contributed by atoms with Crippen LogP contribution in [0.5, 0.6) is 5.75 Å². The summed E-state index contributed by atoms with van der Waals surface area (Å²) in [5.41, 5.74) is 6.64. The third-order valence-corrected chi connectivity index (χ3v) is 4.72. The van der Waals surface area contributed by atoms with Crippen LogP contribution in [0, 0.1) is 5.92 Å². The van der Waals surface area contributed by atoms with Crippen LogP contribution in [-0.4, -0.2) is 69.1 Å². The lowest BCUT2D eigenvalue weighted by Crippen LogP contribution is -2.58. The van der Waals surface area contributed by atoms with Crippen molar-refractivity contribution in [3.63, 3.8) is 0 Å². The van der Waals surface area contributed by atoms with Gasteiger partial charge in [-0.25, -0.2) is 4.79 Å². The van der Waals surface area contributed by atoms with E-state index in [0.717, 1.165) is 0 Å². The molecule has 0 aliphatic rings. The van der Waals surface area contributed by atoms with E-state index in [2.05, 4.69) is 16.0 Å². The van der Waals surface area contributed by atoms with Crippen molar-refractivity contribution in [2.45, 2.75) is 57.8 Å². The fourth-order valence-corrected chi connectivity index (χ4v) is 2.81. The zero-order valence-electron chi connectivity index (χ0n) is 18.6. The van der Waals surface area contributed by atoms with Crippen molar-refractivity contribution >= 4 is 29.7 Å². The Labute approximate surface area is 190 Å². The molecule has 1 rings (SSSR count). The van der Waals surface area contributed by atoms with Crippen LogP contribution in [0.25, 0.3) is 0 Å². The predicted molar refractivity (Wildman–Crippen MR) is 116 cm³/mol. The van der Waals surface area contributed by atoms with Gasteiger partial charge in [0, 0.05) is 0 Å². The molecule has 0 aromatic heterocycles. The molecule has 0 aliphatic carbocycles. The second-order valence-electron chi connectivity index (χ2n) is 7.93. The topological polar surface area (TPSA) is 208 Å². The molecule has 0 bridgehead atoms. The minimum atomic E-state index is -1.66. The highest BCUT2D eigenvalue weighted by Crippen LogP contribution is 2.11. The van der Waals surface area contributed by atoms with Gasteiger partial charge in [0.1, 0.15) is 23.9 Å². The third kappa shape index (κ3) is 9.15. The summed E-state index contributed by atoms with van der Waals surface area (Å²) in [5, 5.41) is 34.1. The van der Waals surface area contributed by atoms with E-state index in [4.69, 9.17) is 15.9 Å². The molecule has 0 saturated carbocycles. The molecule has 0 unspecified atom stereocenters. The van der Waals surface area contributed by atoms with Gasteiger partial charge in [0.25, 0.3) is 0 Å². The van der Waals surface area contributed by atoms with Crippen molar-refractivity contribution in [1.82, 2.24) is 16.0 Å². The lowest BCUT2D eigenvalue weighted by atomic mass is 10.0. The van der Waals surface area contributed by atoms with E-state index in [-0.39, 0.29) is 18.1 Å². The zero-order valence-corrected chi connectivity index (χ0v) is 18.6. The normalized spacial score (nSPS) is 14.5. The summed E-state index contributed by atoms with van der Waals surface area (Å²) in [7, 11) is 0. The highest BCUT2D eigenvalue weighted by Gasteiger charge is 2.30. The molecule has 12 nitrogen and oxygen atoms in total. The molecule has 4 atom stereocenters. The first-order valence-corrected chi connectivity index (χ1v) is 10.2. The summed E-state index contributed by atoms with van der Waals surface area (Å²) in [6.45, 7) is 4.64. The number of benzene rings is 1. The van der Waals surface area contributed by atoms with Crippen LogP contribution in [0.15, 0.2) is 24.3 Å². The molecule has 0 heterocycles. The molecule has 1 aromatic carbocycles. The Morgan fingerprint density at radius 1 is 0.879 bits per heavy atom. The van der Waals surface area contributed by atoms with Crippen molar-refractivity contribution in [3.05, 3.63) is 29.8 Å². The molecule has 0 spiro atoms. The number of carboxylic acid groups (broad SMARTS) is 2. The number of rotatable bonds is 12. The Balaban J connectivity index is 2.74. The predicted octanol–water partition coefficient (Wildman–Crippen LogP) is -1.05. The van der Waals surface area contributed by atoms with E-state index in [9.17, 15) is 29.1 Å². The first kappa shape index (κ1) is 27.4. The monoisotopic (exact) mass is 466 g/mol. The molecule has 0 aliphatic heterocycles. The standard InChI is InChI=1S/C21H30N4O8/c1-10(2)17(25-19(30)14(22)8-12-4-6-13(26)7-5-12)20(31)23-11(3)18(29)24-15(21(32)33)9-16(27)28/h4-7,10-11,14-15,17,26H,8-9,22H2,1-3H3,(H,23,31)(H,24,29)(H,25,30)(H,27,28)(H,32,33)/t11-,14-,15-,17-/m0/s1. The van der Waals surface area contributed by atoms with E-state index >= 15 is 0 Å². The van der Waals surface area contributed by atoms with Crippen LogP contribution >= 0.6 is 0 Å². The summed E-state index contributed by atoms with van der Waals surface area (Å²) in [5.74, 6) is -5.42. The largest absolute Gasteiger partial charge is 0.508 e. The number of amides is 3. The molecule has 12 heteroatoms. The quantitative estimate of drug-likeness (QED) is 0.200. The minimum absolute atomic E-state index is 0.0732. The lowest BCUT2D eigenvalue weighted by Gasteiger charge is -2.25. The van der Waals surface area contributed by atoms with E-state index in [1.54, 1.807) is 26.0 Å². The van der Waals surface area contributed by atoms with Gasteiger partial charge in [-0.2, -0.15) is 0 Å². The molecule has 33 heavy (non-hydrogen) atoms. The zero-order chi connectivity index (χ0) is 25.3. The molecule has 3 amide bonds. The maximum atomic E-state index is 12.7. The SMILES string of the molecule is CC(C)[C@H](NC(=O)[C@@H](N)Cc1ccc(O)cc1)C(=O)N[C@@H](C)C(=O)N[C@@H](CC(=O)O)C(=O)O. The van der Waals surface area contributed by atoms with Gasteiger partial charge in [-0.1, -0.05) is 26.0 Å². The van der Waals surface area contributed by atoms with Crippen molar-refractivity contribution in [1.29, 1.82) is 0 Å². The second kappa shape index (κ2) is 12.4. The van der Waals surface area contributed by atoms with Crippen LogP contribution in [0.2, 0.25) is 0 Å². The summed E-state index contributed by atoms with van der Waals surface area (Å²) in [6, 6.07) is 1.29. The highest BCUT2D eigenvalue weighted by molar-refractivity contribution is 5.94. The van der Waals surface area contributed by atoms with Crippen LogP contribution < -0.4 is 21.7 Å². The number of carboxylic acids is 2.